The number of rotatable bonds is 4. The summed E-state index contributed by atoms with van der Waals surface area (Å²) < 4.78 is 19.2. The van der Waals surface area contributed by atoms with Crippen LogP contribution in [0.3, 0.4) is 0 Å². The van der Waals surface area contributed by atoms with E-state index in [1.165, 1.54) is 22.4 Å². The van der Waals surface area contributed by atoms with Crippen molar-refractivity contribution < 1.29 is 9.13 Å². The molecule has 0 spiro atoms. The third kappa shape index (κ3) is 3.00. The van der Waals surface area contributed by atoms with Crippen molar-refractivity contribution in [2.24, 2.45) is 0 Å². The number of benzene rings is 3. The van der Waals surface area contributed by atoms with Crippen molar-refractivity contribution in [2.75, 3.05) is 13.1 Å². The molecule has 0 saturated carbocycles. The predicted octanol–water partition coefficient (Wildman–Crippen LogP) is 4.55. The van der Waals surface area contributed by atoms with E-state index in [2.05, 4.69) is 47.4 Å². The Balaban J connectivity index is 1.38. The Bertz CT molecular complexity index is 865. The first-order valence-corrected chi connectivity index (χ1v) is 8.31. The normalized spacial score (nSPS) is 15.4. The number of ether oxygens (including phenoxy) is 1. The standard InChI is InChI=1S/C21H20FNO/c1-15-11-18(9-10-21(15)22)24-19-13-23(14-19)12-17-7-4-6-16-5-2-3-8-20(16)17/h2-11,19H,12-14H2,1H3. The molecular weight excluding hydrogens is 301 g/mol. The predicted molar refractivity (Wildman–Crippen MR) is 94.8 cm³/mol. The van der Waals surface area contributed by atoms with Gasteiger partial charge in [0.1, 0.15) is 17.7 Å². The monoisotopic (exact) mass is 321 g/mol. The van der Waals surface area contributed by atoms with Gasteiger partial charge in [-0.05, 0) is 47.0 Å². The SMILES string of the molecule is Cc1cc(OC2CN(Cc3cccc4ccccc34)C2)ccc1F. The fourth-order valence-electron chi connectivity index (χ4n) is 3.28. The van der Waals surface area contributed by atoms with E-state index in [4.69, 9.17) is 4.74 Å². The van der Waals surface area contributed by atoms with Crippen molar-refractivity contribution >= 4 is 10.8 Å². The average molecular weight is 321 g/mol. The minimum atomic E-state index is -0.187. The van der Waals surface area contributed by atoms with E-state index >= 15 is 0 Å². The van der Waals surface area contributed by atoms with Crippen molar-refractivity contribution in [3.8, 4) is 5.75 Å². The van der Waals surface area contributed by atoms with Gasteiger partial charge in [-0.25, -0.2) is 4.39 Å². The topological polar surface area (TPSA) is 12.5 Å². The molecule has 3 aromatic rings. The van der Waals surface area contributed by atoms with E-state index in [1.54, 1.807) is 19.1 Å². The van der Waals surface area contributed by atoms with Crippen LogP contribution < -0.4 is 4.74 Å². The van der Waals surface area contributed by atoms with E-state index in [9.17, 15) is 4.39 Å². The highest BCUT2D eigenvalue weighted by Crippen LogP contribution is 2.24. The van der Waals surface area contributed by atoms with E-state index in [0.29, 0.717) is 5.56 Å². The highest BCUT2D eigenvalue weighted by atomic mass is 19.1. The van der Waals surface area contributed by atoms with E-state index in [-0.39, 0.29) is 11.9 Å². The first-order valence-electron chi connectivity index (χ1n) is 8.31. The summed E-state index contributed by atoms with van der Waals surface area (Å²) in [5.74, 6) is 0.567. The lowest BCUT2D eigenvalue weighted by atomic mass is 10.0. The second-order valence-electron chi connectivity index (χ2n) is 6.48. The summed E-state index contributed by atoms with van der Waals surface area (Å²) in [7, 11) is 0. The summed E-state index contributed by atoms with van der Waals surface area (Å²) in [6, 6.07) is 19.9. The molecule has 0 aromatic heterocycles. The second-order valence-corrected chi connectivity index (χ2v) is 6.48. The van der Waals surface area contributed by atoms with Gasteiger partial charge in [-0.3, -0.25) is 4.90 Å². The Kier molecular flexibility index (Phi) is 3.95. The first kappa shape index (κ1) is 15.2. The van der Waals surface area contributed by atoms with Crippen LogP contribution in [0.2, 0.25) is 0 Å². The molecule has 3 heteroatoms. The lowest BCUT2D eigenvalue weighted by molar-refractivity contribution is 0.0147. The molecule has 0 bridgehead atoms. The highest BCUT2D eigenvalue weighted by Gasteiger charge is 2.28. The lowest BCUT2D eigenvalue weighted by Crippen LogP contribution is -2.53. The molecule has 0 aliphatic carbocycles. The van der Waals surface area contributed by atoms with Gasteiger partial charge in [0.15, 0.2) is 0 Å². The number of aryl methyl sites for hydroxylation is 1. The lowest BCUT2D eigenvalue weighted by Gasteiger charge is -2.39. The van der Waals surface area contributed by atoms with Gasteiger partial charge < -0.3 is 4.74 Å². The molecule has 3 aromatic carbocycles. The maximum atomic E-state index is 13.3. The number of halogens is 1. The molecule has 1 heterocycles. The quantitative estimate of drug-likeness (QED) is 0.699. The van der Waals surface area contributed by atoms with Gasteiger partial charge in [0.2, 0.25) is 0 Å². The fraction of sp³-hybridized carbons (Fsp3) is 0.238. The second kappa shape index (κ2) is 6.25. The number of nitrogens with zero attached hydrogens (tertiary/aromatic N) is 1. The van der Waals surface area contributed by atoms with Crippen LogP contribution in [-0.4, -0.2) is 24.1 Å². The van der Waals surface area contributed by atoms with Crippen LogP contribution in [0, 0.1) is 12.7 Å². The van der Waals surface area contributed by atoms with Crippen molar-refractivity contribution in [1.29, 1.82) is 0 Å². The van der Waals surface area contributed by atoms with Gasteiger partial charge in [-0.15, -0.1) is 0 Å². The molecule has 122 valence electrons. The third-order valence-corrected chi connectivity index (χ3v) is 4.63. The van der Waals surface area contributed by atoms with Crippen LogP contribution in [0.4, 0.5) is 4.39 Å². The van der Waals surface area contributed by atoms with Crippen LogP contribution in [-0.2, 0) is 6.54 Å². The summed E-state index contributed by atoms with van der Waals surface area (Å²) in [4.78, 5) is 2.38. The van der Waals surface area contributed by atoms with Gasteiger partial charge in [0.25, 0.3) is 0 Å². The highest BCUT2D eigenvalue weighted by molar-refractivity contribution is 5.85. The summed E-state index contributed by atoms with van der Waals surface area (Å²) in [5, 5.41) is 2.60. The van der Waals surface area contributed by atoms with Crippen LogP contribution in [0.1, 0.15) is 11.1 Å². The summed E-state index contributed by atoms with van der Waals surface area (Å²) in [5.41, 5.74) is 1.98. The molecule has 24 heavy (non-hydrogen) atoms. The van der Waals surface area contributed by atoms with Crippen LogP contribution >= 0.6 is 0 Å². The zero-order valence-corrected chi connectivity index (χ0v) is 13.7. The van der Waals surface area contributed by atoms with Gasteiger partial charge >= 0.3 is 0 Å². The van der Waals surface area contributed by atoms with Crippen LogP contribution in [0.25, 0.3) is 10.8 Å². The fourth-order valence-corrected chi connectivity index (χ4v) is 3.28. The number of hydrogen-bond acceptors (Lipinski definition) is 2. The Hall–Kier alpha value is -2.39. The Morgan fingerprint density at radius 1 is 1.04 bits per heavy atom. The molecule has 2 nitrogen and oxygen atoms in total. The smallest absolute Gasteiger partial charge is 0.126 e. The van der Waals surface area contributed by atoms with Crippen molar-refractivity contribution in [3.63, 3.8) is 0 Å². The number of likely N-dealkylation sites (tertiary alicyclic amines) is 1. The van der Waals surface area contributed by atoms with Gasteiger partial charge in [-0.2, -0.15) is 0 Å². The Labute approximate surface area is 141 Å². The van der Waals surface area contributed by atoms with Gasteiger partial charge in [-0.1, -0.05) is 42.5 Å². The zero-order valence-electron chi connectivity index (χ0n) is 13.7. The van der Waals surface area contributed by atoms with Crippen LogP contribution in [0.15, 0.2) is 60.7 Å². The van der Waals surface area contributed by atoms with Crippen molar-refractivity contribution in [1.82, 2.24) is 4.90 Å². The molecule has 0 atom stereocenters. The van der Waals surface area contributed by atoms with Gasteiger partial charge in [0.05, 0.1) is 0 Å². The summed E-state index contributed by atoms with van der Waals surface area (Å²) >= 11 is 0. The van der Waals surface area contributed by atoms with E-state index in [1.807, 2.05) is 0 Å². The van der Waals surface area contributed by atoms with Gasteiger partial charge in [0, 0.05) is 19.6 Å². The molecule has 1 aliphatic heterocycles. The molecule has 0 amide bonds. The molecule has 1 fully saturated rings. The molecular formula is C21H20FNO. The van der Waals surface area contributed by atoms with E-state index < -0.39 is 0 Å². The average Bonchev–Trinajstić information content (AvgIpc) is 2.56. The number of hydrogen-bond donors (Lipinski definition) is 0. The molecule has 0 unspecified atom stereocenters. The summed E-state index contributed by atoms with van der Waals surface area (Å²) in [6.45, 7) is 4.50. The minimum Gasteiger partial charge on any atom is -0.488 e. The minimum absolute atomic E-state index is 0.185. The maximum absolute atomic E-state index is 13.3. The first-order chi connectivity index (χ1) is 11.7. The third-order valence-electron chi connectivity index (χ3n) is 4.63. The van der Waals surface area contributed by atoms with Crippen molar-refractivity contribution in [2.45, 2.75) is 19.6 Å². The summed E-state index contributed by atoms with van der Waals surface area (Å²) in [6.07, 6.45) is 0.185. The zero-order chi connectivity index (χ0) is 16.5. The van der Waals surface area contributed by atoms with Crippen molar-refractivity contribution in [3.05, 3.63) is 77.6 Å². The Morgan fingerprint density at radius 2 is 1.83 bits per heavy atom. The maximum Gasteiger partial charge on any atom is 0.126 e. The molecule has 4 rings (SSSR count). The molecule has 0 radical (unpaired) electrons. The molecule has 1 saturated heterocycles. The molecule has 0 N–H and O–H groups in total. The van der Waals surface area contributed by atoms with E-state index in [0.717, 1.165) is 25.4 Å². The largest absolute Gasteiger partial charge is 0.488 e. The molecule has 1 aliphatic rings. The number of fused-ring (bicyclic) bond motifs is 1. The van der Waals surface area contributed by atoms with Crippen LogP contribution in [0.5, 0.6) is 5.75 Å². The Morgan fingerprint density at radius 3 is 2.67 bits per heavy atom.